The number of ether oxygens (including phenoxy) is 1. The van der Waals surface area contributed by atoms with Gasteiger partial charge in [0.25, 0.3) is 5.91 Å². The summed E-state index contributed by atoms with van der Waals surface area (Å²) in [6, 6.07) is 9.33. The maximum Gasteiger partial charge on any atom is 0.258 e. The SMILES string of the molecule is COc1ccc(C(=O)N(C)c2cc(Cl)ccc2N)cc1O. The topological polar surface area (TPSA) is 75.8 Å². The second kappa shape index (κ2) is 5.93. The standard InChI is InChI=1S/C15H15ClN2O3/c1-18(12-8-10(16)4-5-11(12)17)15(20)9-3-6-14(21-2)13(19)7-9/h3-8,19H,17H2,1-2H3. The quantitative estimate of drug-likeness (QED) is 0.855. The fourth-order valence-corrected chi connectivity index (χ4v) is 2.10. The molecule has 1 amide bonds. The number of hydrogen-bond donors (Lipinski definition) is 2. The molecular formula is C15H15ClN2O3. The summed E-state index contributed by atoms with van der Waals surface area (Å²) in [4.78, 5) is 13.8. The highest BCUT2D eigenvalue weighted by molar-refractivity contribution is 6.31. The number of nitrogens with two attached hydrogens (primary N) is 1. The zero-order valence-corrected chi connectivity index (χ0v) is 12.4. The van der Waals surface area contributed by atoms with Gasteiger partial charge in [-0.15, -0.1) is 0 Å². The average molecular weight is 307 g/mol. The number of halogens is 1. The van der Waals surface area contributed by atoms with Gasteiger partial charge in [-0.25, -0.2) is 0 Å². The Morgan fingerprint density at radius 2 is 2.00 bits per heavy atom. The van der Waals surface area contributed by atoms with Gasteiger partial charge in [-0.3, -0.25) is 4.79 Å². The van der Waals surface area contributed by atoms with E-state index in [0.29, 0.717) is 27.7 Å². The van der Waals surface area contributed by atoms with Crippen molar-refractivity contribution >= 4 is 28.9 Å². The maximum atomic E-state index is 12.4. The molecule has 0 atom stereocenters. The molecule has 0 unspecified atom stereocenters. The van der Waals surface area contributed by atoms with Crippen molar-refractivity contribution in [3.8, 4) is 11.5 Å². The fourth-order valence-electron chi connectivity index (χ4n) is 1.93. The van der Waals surface area contributed by atoms with Crippen LogP contribution in [0.15, 0.2) is 36.4 Å². The van der Waals surface area contributed by atoms with Crippen LogP contribution in [0.25, 0.3) is 0 Å². The molecule has 5 nitrogen and oxygen atoms in total. The van der Waals surface area contributed by atoms with Crippen molar-refractivity contribution < 1.29 is 14.6 Å². The van der Waals surface area contributed by atoms with Crippen molar-refractivity contribution in [3.63, 3.8) is 0 Å². The molecule has 0 fully saturated rings. The van der Waals surface area contributed by atoms with Gasteiger partial charge in [0.15, 0.2) is 11.5 Å². The Morgan fingerprint density at radius 1 is 1.29 bits per heavy atom. The Labute approximate surface area is 127 Å². The van der Waals surface area contributed by atoms with E-state index in [2.05, 4.69) is 0 Å². The zero-order valence-electron chi connectivity index (χ0n) is 11.6. The summed E-state index contributed by atoms with van der Waals surface area (Å²) in [5.74, 6) is -0.116. The van der Waals surface area contributed by atoms with Crippen LogP contribution in [-0.2, 0) is 0 Å². The average Bonchev–Trinajstić information content (AvgIpc) is 2.48. The van der Waals surface area contributed by atoms with Gasteiger partial charge >= 0.3 is 0 Å². The molecule has 2 aromatic carbocycles. The van der Waals surface area contributed by atoms with Crippen molar-refractivity contribution in [1.82, 2.24) is 0 Å². The van der Waals surface area contributed by atoms with Gasteiger partial charge in [-0.1, -0.05) is 11.6 Å². The van der Waals surface area contributed by atoms with Gasteiger partial charge in [0.1, 0.15) is 0 Å². The molecule has 110 valence electrons. The van der Waals surface area contributed by atoms with E-state index >= 15 is 0 Å². The molecule has 0 aliphatic rings. The predicted octanol–water partition coefficient (Wildman–Crippen LogP) is 2.91. The molecule has 0 saturated heterocycles. The van der Waals surface area contributed by atoms with Gasteiger partial charge in [0.05, 0.1) is 18.5 Å². The molecule has 0 heterocycles. The molecule has 6 heteroatoms. The van der Waals surface area contributed by atoms with Crippen molar-refractivity contribution in [2.24, 2.45) is 0 Å². The third-order valence-corrected chi connectivity index (χ3v) is 3.32. The normalized spacial score (nSPS) is 10.2. The molecule has 3 N–H and O–H groups in total. The van der Waals surface area contributed by atoms with Crippen LogP contribution in [0.2, 0.25) is 5.02 Å². The Kier molecular flexibility index (Phi) is 4.23. The van der Waals surface area contributed by atoms with E-state index < -0.39 is 0 Å². The molecule has 2 aromatic rings. The summed E-state index contributed by atoms with van der Waals surface area (Å²) in [5.41, 5.74) is 7.12. The van der Waals surface area contributed by atoms with Crippen LogP contribution in [0, 0.1) is 0 Å². The molecule has 21 heavy (non-hydrogen) atoms. The molecular weight excluding hydrogens is 292 g/mol. The van der Waals surface area contributed by atoms with Gasteiger partial charge in [-0.05, 0) is 36.4 Å². The van der Waals surface area contributed by atoms with Gasteiger partial charge in [-0.2, -0.15) is 0 Å². The summed E-state index contributed by atoms with van der Waals surface area (Å²) < 4.78 is 4.95. The second-order valence-electron chi connectivity index (χ2n) is 4.45. The highest BCUT2D eigenvalue weighted by Gasteiger charge is 2.17. The Bertz CT molecular complexity index is 689. The lowest BCUT2D eigenvalue weighted by Crippen LogP contribution is -2.27. The highest BCUT2D eigenvalue weighted by atomic mass is 35.5. The van der Waals surface area contributed by atoms with Crippen molar-refractivity contribution in [2.45, 2.75) is 0 Å². The number of methoxy groups -OCH3 is 1. The third-order valence-electron chi connectivity index (χ3n) is 3.08. The van der Waals surface area contributed by atoms with Crippen LogP contribution >= 0.6 is 11.6 Å². The van der Waals surface area contributed by atoms with E-state index in [1.165, 1.54) is 24.1 Å². The minimum atomic E-state index is -0.318. The molecule has 0 spiro atoms. The van der Waals surface area contributed by atoms with Crippen molar-refractivity contribution in [2.75, 3.05) is 24.8 Å². The number of nitrogen functional groups attached to an aromatic ring is 1. The third kappa shape index (κ3) is 3.03. The Morgan fingerprint density at radius 3 is 2.62 bits per heavy atom. The zero-order chi connectivity index (χ0) is 15.6. The molecule has 0 aromatic heterocycles. The number of hydrogen-bond acceptors (Lipinski definition) is 4. The van der Waals surface area contributed by atoms with Gasteiger partial charge in [0.2, 0.25) is 0 Å². The molecule has 0 bridgehead atoms. The maximum absolute atomic E-state index is 12.4. The van der Waals surface area contributed by atoms with Crippen molar-refractivity contribution in [1.29, 1.82) is 0 Å². The Hall–Kier alpha value is -2.40. The van der Waals surface area contributed by atoms with Crippen LogP contribution in [0.5, 0.6) is 11.5 Å². The minimum Gasteiger partial charge on any atom is -0.504 e. The minimum absolute atomic E-state index is 0.101. The number of phenols is 1. The van der Waals surface area contributed by atoms with E-state index in [9.17, 15) is 9.90 Å². The van der Waals surface area contributed by atoms with Crippen LogP contribution in [0.4, 0.5) is 11.4 Å². The first-order chi connectivity index (χ1) is 9.93. The molecule has 0 saturated carbocycles. The lowest BCUT2D eigenvalue weighted by molar-refractivity contribution is 0.0992. The number of carbonyl (C=O) groups is 1. The number of benzene rings is 2. The molecule has 0 aliphatic carbocycles. The number of nitrogens with zero attached hydrogens (tertiary/aromatic N) is 1. The number of aromatic hydroxyl groups is 1. The van der Waals surface area contributed by atoms with E-state index in [4.69, 9.17) is 22.1 Å². The van der Waals surface area contributed by atoms with Crippen molar-refractivity contribution in [3.05, 3.63) is 47.0 Å². The number of anilines is 2. The number of phenolic OH excluding ortho intramolecular Hbond substituents is 1. The summed E-state index contributed by atoms with van der Waals surface area (Å²) in [5, 5.41) is 10.2. The van der Waals surface area contributed by atoms with E-state index in [-0.39, 0.29) is 11.7 Å². The van der Waals surface area contributed by atoms with Gasteiger partial charge in [0, 0.05) is 17.6 Å². The predicted molar refractivity (Wildman–Crippen MR) is 83.3 cm³/mol. The first-order valence-corrected chi connectivity index (χ1v) is 6.52. The van der Waals surface area contributed by atoms with Crippen LogP contribution in [-0.4, -0.2) is 25.2 Å². The lowest BCUT2D eigenvalue weighted by Gasteiger charge is -2.20. The molecule has 0 aliphatic heterocycles. The fraction of sp³-hybridized carbons (Fsp3) is 0.133. The summed E-state index contributed by atoms with van der Waals surface area (Å²) in [6.07, 6.45) is 0. The lowest BCUT2D eigenvalue weighted by atomic mass is 10.1. The van der Waals surface area contributed by atoms with Gasteiger partial charge < -0.3 is 20.5 Å². The van der Waals surface area contributed by atoms with E-state index in [1.54, 1.807) is 31.3 Å². The smallest absolute Gasteiger partial charge is 0.258 e. The number of amides is 1. The van der Waals surface area contributed by atoms with Crippen LogP contribution in [0.1, 0.15) is 10.4 Å². The molecule has 0 radical (unpaired) electrons. The Balaban J connectivity index is 2.35. The van der Waals surface area contributed by atoms with E-state index in [0.717, 1.165) is 0 Å². The second-order valence-corrected chi connectivity index (χ2v) is 4.89. The summed E-state index contributed by atoms with van der Waals surface area (Å²) in [7, 11) is 3.03. The summed E-state index contributed by atoms with van der Waals surface area (Å²) in [6.45, 7) is 0. The summed E-state index contributed by atoms with van der Waals surface area (Å²) >= 11 is 5.93. The number of rotatable bonds is 3. The monoisotopic (exact) mass is 306 g/mol. The van der Waals surface area contributed by atoms with Crippen LogP contribution in [0.3, 0.4) is 0 Å². The largest absolute Gasteiger partial charge is 0.504 e. The first kappa shape index (κ1) is 15.0. The number of carbonyl (C=O) groups excluding carboxylic acids is 1. The van der Waals surface area contributed by atoms with E-state index in [1.807, 2.05) is 0 Å². The first-order valence-electron chi connectivity index (χ1n) is 6.14. The molecule has 2 rings (SSSR count). The highest BCUT2D eigenvalue weighted by Crippen LogP contribution is 2.30. The van der Waals surface area contributed by atoms with Crippen LogP contribution < -0.4 is 15.4 Å².